The van der Waals surface area contributed by atoms with Gasteiger partial charge in [0.1, 0.15) is 11.6 Å². The van der Waals surface area contributed by atoms with Crippen LogP contribution in [0.5, 0.6) is 0 Å². The first-order valence-electron chi connectivity index (χ1n) is 12.6. The third-order valence-electron chi connectivity index (χ3n) is 6.51. The van der Waals surface area contributed by atoms with Crippen LogP contribution in [0.3, 0.4) is 0 Å². The summed E-state index contributed by atoms with van der Waals surface area (Å²) in [7, 11) is 0. The van der Waals surface area contributed by atoms with Gasteiger partial charge in [-0.25, -0.2) is 9.37 Å². The van der Waals surface area contributed by atoms with E-state index in [1.165, 1.54) is 30.2 Å². The van der Waals surface area contributed by atoms with Crippen molar-refractivity contribution in [3.8, 4) is 11.1 Å². The molecule has 0 spiro atoms. The van der Waals surface area contributed by atoms with Crippen molar-refractivity contribution in [3.05, 3.63) is 96.5 Å². The minimum Gasteiger partial charge on any atom is -0.481 e. The van der Waals surface area contributed by atoms with E-state index in [2.05, 4.69) is 15.3 Å². The number of carbonyl (C=O) groups excluding carboxylic acids is 2. The Kier molecular flexibility index (Phi) is 8.60. The van der Waals surface area contributed by atoms with E-state index in [9.17, 15) is 23.9 Å². The summed E-state index contributed by atoms with van der Waals surface area (Å²) in [5.74, 6) is -1.57. The molecule has 0 radical (unpaired) electrons. The molecule has 8 nitrogen and oxygen atoms in total. The zero-order chi connectivity index (χ0) is 27.8. The molecule has 2 aromatic carbocycles. The molecule has 2 heterocycles. The third-order valence-corrected chi connectivity index (χ3v) is 6.51. The number of hydrogen-bond acceptors (Lipinski definition) is 6. The second kappa shape index (κ2) is 12.3. The topological polar surface area (TPSA) is 112 Å². The highest BCUT2D eigenvalue weighted by molar-refractivity contribution is 5.99. The number of nitrogens with zero attached hydrogens (tertiary/aromatic N) is 3. The fraction of sp³-hybridized carbons (Fsp3) is 0.233. The highest BCUT2D eigenvalue weighted by Gasteiger charge is 2.47. The first kappa shape index (κ1) is 27.4. The van der Waals surface area contributed by atoms with E-state index in [0.29, 0.717) is 24.3 Å². The molecule has 1 aliphatic rings. The number of aromatic nitrogens is 1. The lowest BCUT2D eigenvalue weighted by molar-refractivity contribution is -0.149. The first-order valence-corrected chi connectivity index (χ1v) is 12.6. The van der Waals surface area contributed by atoms with Gasteiger partial charge in [-0.15, -0.1) is 0 Å². The molecular formula is C30H29FN4O4. The number of carboxylic acid groups (broad SMARTS) is 1. The summed E-state index contributed by atoms with van der Waals surface area (Å²) >= 11 is 0. The van der Waals surface area contributed by atoms with Crippen LogP contribution in [0, 0.1) is 5.82 Å². The van der Waals surface area contributed by atoms with Gasteiger partial charge in [0.2, 0.25) is 11.6 Å². The number of pyridine rings is 1. The number of ketones is 1. The predicted molar refractivity (Wildman–Crippen MR) is 147 cm³/mol. The van der Waals surface area contributed by atoms with Crippen molar-refractivity contribution in [2.75, 3.05) is 11.9 Å². The van der Waals surface area contributed by atoms with Gasteiger partial charge in [-0.2, -0.15) is 0 Å². The lowest BCUT2D eigenvalue weighted by atomic mass is 9.92. The van der Waals surface area contributed by atoms with Gasteiger partial charge >= 0.3 is 5.97 Å². The Morgan fingerprint density at radius 3 is 2.28 bits per heavy atom. The number of anilines is 1. The molecule has 1 aromatic heterocycles. The Morgan fingerprint density at radius 2 is 1.72 bits per heavy atom. The lowest BCUT2D eigenvalue weighted by Crippen LogP contribution is -2.55. The quantitative estimate of drug-likeness (QED) is 0.318. The molecular weight excluding hydrogens is 499 g/mol. The van der Waals surface area contributed by atoms with Crippen LogP contribution in [-0.4, -0.2) is 51.1 Å². The molecule has 0 saturated heterocycles. The van der Waals surface area contributed by atoms with Gasteiger partial charge in [-0.05, 0) is 59.5 Å². The van der Waals surface area contributed by atoms with Crippen LogP contribution in [0.1, 0.15) is 37.8 Å². The van der Waals surface area contributed by atoms with E-state index in [1.807, 2.05) is 18.2 Å². The summed E-state index contributed by atoms with van der Waals surface area (Å²) in [5.41, 5.74) is 0.479. The number of hydrogen-bond donors (Lipinski definition) is 2. The molecule has 4 rings (SSSR count). The molecule has 200 valence electrons. The van der Waals surface area contributed by atoms with Gasteiger partial charge in [0, 0.05) is 32.3 Å². The van der Waals surface area contributed by atoms with E-state index in [0.717, 1.165) is 11.1 Å². The van der Waals surface area contributed by atoms with E-state index in [4.69, 9.17) is 0 Å². The smallest absolute Gasteiger partial charge is 0.305 e. The van der Waals surface area contributed by atoms with Crippen molar-refractivity contribution < 1.29 is 23.9 Å². The summed E-state index contributed by atoms with van der Waals surface area (Å²) in [4.78, 5) is 48.5. The van der Waals surface area contributed by atoms with E-state index < -0.39 is 30.0 Å². The summed E-state index contributed by atoms with van der Waals surface area (Å²) in [5, 5.41) is 12.9. The summed E-state index contributed by atoms with van der Waals surface area (Å²) in [6.07, 6.45) is 6.40. The standard InChI is InChI=1S/C30H29FN4O4/c1-21(36)35(30(16-5-19-34-30)27(37)6-4-18-33-28-7-2-3-17-32-28)26(20-29(38)39)24-10-8-22(9-11-24)23-12-14-25(31)15-13-23/h2-3,5,7-17,19,26H,4,6,18,20H2,1H3,(H,32,33)(H,38,39). The van der Waals surface area contributed by atoms with E-state index in [-0.39, 0.29) is 18.0 Å². The number of rotatable bonds is 12. The molecule has 3 aromatic rings. The number of allylic oxidation sites excluding steroid dienone is 1. The van der Waals surface area contributed by atoms with Crippen molar-refractivity contribution >= 4 is 29.7 Å². The summed E-state index contributed by atoms with van der Waals surface area (Å²) in [6.45, 7) is 1.79. The fourth-order valence-electron chi connectivity index (χ4n) is 4.70. The van der Waals surface area contributed by atoms with Crippen LogP contribution in [-0.2, 0) is 14.4 Å². The number of aliphatic imine (C=N–C) groups is 1. The SMILES string of the molecule is CC(=O)N(C(CC(=O)O)c1ccc(-c2ccc(F)cc2)cc1)C1(C(=O)CCCNc2ccccn2)C=CC=N1. The Balaban J connectivity index is 1.59. The number of amides is 1. The number of halogens is 1. The Bertz CT molecular complexity index is 1360. The number of Topliss-reactive ketones (excluding diaryl/α,β-unsaturated/α-hetero) is 1. The molecule has 9 heteroatoms. The highest BCUT2D eigenvalue weighted by Crippen LogP contribution is 2.37. The Morgan fingerprint density at radius 1 is 1.03 bits per heavy atom. The van der Waals surface area contributed by atoms with Crippen LogP contribution in [0.4, 0.5) is 10.2 Å². The molecule has 0 saturated carbocycles. The van der Waals surface area contributed by atoms with Crippen molar-refractivity contribution in [1.29, 1.82) is 0 Å². The number of nitrogens with one attached hydrogen (secondary N) is 1. The first-order chi connectivity index (χ1) is 18.8. The highest BCUT2D eigenvalue weighted by atomic mass is 19.1. The van der Waals surface area contributed by atoms with Crippen molar-refractivity contribution in [2.24, 2.45) is 4.99 Å². The number of benzene rings is 2. The van der Waals surface area contributed by atoms with Crippen LogP contribution in [0.15, 0.2) is 90.1 Å². The molecule has 1 aliphatic heterocycles. The van der Waals surface area contributed by atoms with Gasteiger partial charge in [-0.3, -0.25) is 19.4 Å². The van der Waals surface area contributed by atoms with Crippen molar-refractivity contribution in [3.63, 3.8) is 0 Å². The van der Waals surface area contributed by atoms with Crippen LogP contribution >= 0.6 is 0 Å². The fourth-order valence-corrected chi connectivity index (χ4v) is 4.70. The van der Waals surface area contributed by atoms with Crippen molar-refractivity contribution in [2.45, 2.75) is 37.9 Å². The lowest BCUT2D eigenvalue weighted by Gasteiger charge is -2.41. The van der Waals surface area contributed by atoms with Crippen LogP contribution < -0.4 is 5.32 Å². The summed E-state index contributed by atoms with van der Waals surface area (Å²) < 4.78 is 13.3. The van der Waals surface area contributed by atoms with Gasteiger partial charge in [0.15, 0.2) is 5.78 Å². The zero-order valence-corrected chi connectivity index (χ0v) is 21.5. The number of carboxylic acids is 1. The van der Waals surface area contributed by atoms with E-state index >= 15 is 0 Å². The van der Waals surface area contributed by atoms with Gasteiger partial charge in [0.05, 0.1) is 12.5 Å². The maximum Gasteiger partial charge on any atom is 0.305 e. The molecule has 1 amide bonds. The predicted octanol–water partition coefficient (Wildman–Crippen LogP) is 5.05. The largest absolute Gasteiger partial charge is 0.481 e. The Labute approximate surface area is 225 Å². The molecule has 39 heavy (non-hydrogen) atoms. The second-order valence-corrected chi connectivity index (χ2v) is 9.16. The monoisotopic (exact) mass is 528 g/mol. The average Bonchev–Trinajstić information content (AvgIpc) is 3.42. The van der Waals surface area contributed by atoms with Crippen LogP contribution in [0.25, 0.3) is 11.1 Å². The number of carbonyl (C=O) groups is 3. The maximum absolute atomic E-state index is 13.6. The van der Waals surface area contributed by atoms with Gasteiger partial charge < -0.3 is 15.3 Å². The molecule has 2 unspecified atom stereocenters. The molecule has 0 fully saturated rings. The zero-order valence-electron chi connectivity index (χ0n) is 21.5. The van der Waals surface area contributed by atoms with Gasteiger partial charge in [0.25, 0.3) is 0 Å². The summed E-state index contributed by atoms with van der Waals surface area (Å²) in [6, 6.07) is 17.5. The molecule has 0 bridgehead atoms. The van der Waals surface area contributed by atoms with E-state index in [1.54, 1.807) is 54.7 Å². The molecule has 2 N–H and O–H groups in total. The molecule has 0 aliphatic carbocycles. The maximum atomic E-state index is 13.6. The molecule has 2 atom stereocenters. The normalized spacial score (nSPS) is 16.6. The minimum atomic E-state index is -1.65. The average molecular weight is 529 g/mol. The second-order valence-electron chi connectivity index (χ2n) is 9.16. The Hall–Kier alpha value is -4.66. The van der Waals surface area contributed by atoms with Gasteiger partial charge in [-0.1, -0.05) is 42.5 Å². The third kappa shape index (κ3) is 6.43. The number of aliphatic carboxylic acids is 1. The minimum absolute atomic E-state index is 0.106. The van der Waals surface area contributed by atoms with Crippen LogP contribution in [0.2, 0.25) is 0 Å². The van der Waals surface area contributed by atoms with Crippen molar-refractivity contribution in [1.82, 2.24) is 9.88 Å².